The number of hydrogen-bond acceptors (Lipinski definition) is 6. The largest absolute Gasteiger partial charge is 0.479 e. The van der Waals surface area contributed by atoms with Gasteiger partial charge in [-0.1, -0.05) is 19.3 Å². The zero-order valence-electron chi connectivity index (χ0n) is 13.1. The van der Waals surface area contributed by atoms with Gasteiger partial charge in [0, 0.05) is 12.3 Å². The van der Waals surface area contributed by atoms with Gasteiger partial charge in [0.25, 0.3) is 0 Å². The van der Waals surface area contributed by atoms with Gasteiger partial charge in [0.05, 0.1) is 0 Å². The van der Waals surface area contributed by atoms with E-state index in [1.807, 2.05) is 0 Å². The van der Waals surface area contributed by atoms with Crippen LogP contribution in [0.1, 0.15) is 39.0 Å². The molecule has 8 heteroatoms. The highest BCUT2D eigenvalue weighted by Crippen LogP contribution is 2.41. The quantitative estimate of drug-likeness (QED) is 0.490. The molecule has 1 heterocycles. The van der Waals surface area contributed by atoms with Gasteiger partial charge < -0.3 is 10.2 Å². The Morgan fingerprint density at radius 3 is 2.39 bits per heavy atom. The van der Waals surface area contributed by atoms with Gasteiger partial charge >= 0.3 is 11.9 Å². The minimum absolute atomic E-state index is 0.140. The SMILES string of the molecule is C[C@](N=CC(=O)O)(C(=O)C1(C(=O)O)NCCS1)C1CCCCC1. The Morgan fingerprint density at radius 2 is 1.91 bits per heavy atom. The van der Waals surface area contributed by atoms with Crippen LogP contribution in [0.2, 0.25) is 0 Å². The summed E-state index contributed by atoms with van der Waals surface area (Å²) >= 11 is 1.05. The van der Waals surface area contributed by atoms with E-state index in [2.05, 4.69) is 10.3 Å². The average molecular weight is 342 g/mol. The molecule has 0 radical (unpaired) electrons. The van der Waals surface area contributed by atoms with E-state index in [0.29, 0.717) is 12.3 Å². The van der Waals surface area contributed by atoms with Crippen molar-refractivity contribution in [2.24, 2.45) is 10.9 Å². The molecule has 0 amide bonds. The summed E-state index contributed by atoms with van der Waals surface area (Å²) in [4.78, 5) is 38.1. The molecular formula is C15H22N2O5S. The summed E-state index contributed by atoms with van der Waals surface area (Å²) in [5.41, 5.74) is -1.35. The monoisotopic (exact) mass is 342 g/mol. The molecule has 128 valence electrons. The van der Waals surface area contributed by atoms with Crippen molar-refractivity contribution < 1.29 is 24.6 Å². The van der Waals surface area contributed by atoms with Crippen LogP contribution in [0.5, 0.6) is 0 Å². The first-order valence-corrected chi connectivity index (χ1v) is 8.77. The highest BCUT2D eigenvalue weighted by Gasteiger charge is 2.57. The van der Waals surface area contributed by atoms with Crippen molar-refractivity contribution in [1.29, 1.82) is 0 Å². The lowest BCUT2D eigenvalue weighted by atomic mass is 9.72. The fraction of sp³-hybridized carbons (Fsp3) is 0.733. The predicted octanol–water partition coefficient (Wildman–Crippen LogP) is 1.17. The van der Waals surface area contributed by atoms with Gasteiger partial charge in [-0.15, -0.1) is 11.8 Å². The van der Waals surface area contributed by atoms with Gasteiger partial charge in [0.2, 0.25) is 10.7 Å². The zero-order valence-corrected chi connectivity index (χ0v) is 13.9. The lowest BCUT2D eigenvalue weighted by molar-refractivity contribution is -0.147. The molecule has 7 nitrogen and oxygen atoms in total. The summed E-state index contributed by atoms with van der Waals surface area (Å²) in [5, 5.41) is 21.3. The third-order valence-electron chi connectivity index (χ3n) is 4.72. The Morgan fingerprint density at radius 1 is 1.26 bits per heavy atom. The second-order valence-electron chi connectivity index (χ2n) is 6.17. The van der Waals surface area contributed by atoms with Crippen LogP contribution in [0.25, 0.3) is 0 Å². The molecular weight excluding hydrogens is 320 g/mol. The van der Waals surface area contributed by atoms with Crippen LogP contribution in [-0.2, 0) is 14.4 Å². The van der Waals surface area contributed by atoms with Crippen LogP contribution >= 0.6 is 11.8 Å². The van der Waals surface area contributed by atoms with Gasteiger partial charge in [0.1, 0.15) is 11.8 Å². The van der Waals surface area contributed by atoms with Crippen LogP contribution in [0.4, 0.5) is 0 Å². The van der Waals surface area contributed by atoms with Gasteiger partial charge in [-0.3, -0.25) is 15.1 Å². The van der Waals surface area contributed by atoms with Crippen LogP contribution in [0.3, 0.4) is 0 Å². The van der Waals surface area contributed by atoms with Gasteiger partial charge in [-0.2, -0.15) is 0 Å². The third-order valence-corrected chi connectivity index (χ3v) is 6.06. The standard InChI is InChI=1S/C15H22N2O5S/c1-14(17-9-11(18)19,10-5-3-2-4-6-10)12(20)15(13(21)22)16-7-8-23-15/h9-10,16H,2-8H2,1H3,(H,18,19)(H,21,22)/t14-,15?/m1/s1. The van der Waals surface area contributed by atoms with E-state index in [1.54, 1.807) is 6.92 Å². The average Bonchev–Trinajstić information content (AvgIpc) is 3.03. The molecule has 2 fully saturated rings. The maximum absolute atomic E-state index is 13.2. The Bertz CT molecular complexity index is 524. The van der Waals surface area contributed by atoms with Crippen molar-refractivity contribution in [3.05, 3.63) is 0 Å². The number of carbonyl (C=O) groups excluding carboxylic acids is 1. The van der Waals surface area contributed by atoms with Crippen LogP contribution in [0, 0.1) is 5.92 Å². The maximum Gasteiger partial charge on any atom is 0.346 e. The molecule has 1 aliphatic heterocycles. The molecule has 1 aliphatic carbocycles. The second kappa shape index (κ2) is 7.00. The lowest BCUT2D eigenvalue weighted by Crippen LogP contribution is -2.61. The number of carboxylic acids is 2. The number of rotatable bonds is 6. The summed E-state index contributed by atoms with van der Waals surface area (Å²) < 4.78 is 0. The molecule has 0 aromatic carbocycles. The second-order valence-corrected chi connectivity index (χ2v) is 7.48. The van der Waals surface area contributed by atoms with Gasteiger partial charge in [-0.25, -0.2) is 9.59 Å². The van der Waals surface area contributed by atoms with Crippen molar-refractivity contribution in [1.82, 2.24) is 5.32 Å². The minimum Gasteiger partial charge on any atom is -0.479 e. The van der Waals surface area contributed by atoms with E-state index in [0.717, 1.165) is 50.1 Å². The molecule has 0 bridgehead atoms. The minimum atomic E-state index is -1.73. The number of carboxylic acid groups (broad SMARTS) is 2. The summed E-state index contributed by atoms with van der Waals surface area (Å²) in [5.74, 6) is -2.65. The van der Waals surface area contributed by atoms with Crippen molar-refractivity contribution in [3.63, 3.8) is 0 Å². The first-order valence-electron chi connectivity index (χ1n) is 7.78. The van der Waals surface area contributed by atoms with Crippen molar-refractivity contribution in [3.8, 4) is 0 Å². The number of nitrogens with zero attached hydrogens (tertiary/aromatic N) is 1. The summed E-state index contributed by atoms with van der Waals surface area (Å²) in [7, 11) is 0. The first-order chi connectivity index (χ1) is 10.8. The maximum atomic E-state index is 13.2. The Labute approximate surface area is 138 Å². The molecule has 0 aromatic heterocycles. The normalized spacial score (nSPS) is 28.6. The molecule has 0 aromatic rings. The molecule has 0 spiro atoms. The Kier molecular flexibility index (Phi) is 5.46. The number of ketones is 1. The fourth-order valence-corrected chi connectivity index (χ4v) is 4.60. The highest BCUT2D eigenvalue weighted by molar-refractivity contribution is 8.02. The van der Waals surface area contributed by atoms with Crippen LogP contribution < -0.4 is 5.32 Å². The van der Waals surface area contributed by atoms with Gasteiger partial charge in [-0.05, 0) is 25.7 Å². The highest BCUT2D eigenvalue weighted by atomic mass is 32.2. The van der Waals surface area contributed by atoms with E-state index in [9.17, 15) is 19.5 Å². The Hall–Kier alpha value is -1.41. The molecule has 2 rings (SSSR count). The summed E-state index contributed by atoms with van der Waals surface area (Å²) in [6, 6.07) is 0. The molecule has 23 heavy (non-hydrogen) atoms. The number of aliphatic carboxylic acids is 2. The number of Topliss-reactive ketones (excluding diaryl/α,β-unsaturated/α-hetero) is 1. The predicted molar refractivity (Wildman–Crippen MR) is 86.9 cm³/mol. The first kappa shape index (κ1) is 17.9. The molecule has 1 saturated carbocycles. The number of nitrogens with one attached hydrogen (secondary N) is 1. The summed E-state index contributed by atoms with van der Waals surface area (Å²) in [6.45, 7) is 2.00. The van der Waals surface area contributed by atoms with E-state index < -0.39 is 28.1 Å². The molecule has 2 atom stereocenters. The lowest BCUT2D eigenvalue weighted by Gasteiger charge is -2.39. The van der Waals surface area contributed by atoms with E-state index in [4.69, 9.17) is 5.11 Å². The van der Waals surface area contributed by atoms with E-state index in [-0.39, 0.29) is 5.92 Å². The number of thioether (sulfide) groups is 1. The van der Waals surface area contributed by atoms with Crippen molar-refractivity contribution in [2.45, 2.75) is 49.4 Å². The zero-order chi connectivity index (χ0) is 17.1. The smallest absolute Gasteiger partial charge is 0.346 e. The van der Waals surface area contributed by atoms with E-state index >= 15 is 0 Å². The fourth-order valence-electron chi connectivity index (χ4n) is 3.42. The Balaban J connectivity index is 2.41. The van der Waals surface area contributed by atoms with Crippen molar-refractivity contribution in [2.75, 3.05) is 12.3 Å². The summed E-state index contributed by atoms with van der Waals surface area (Å²) in [6.07, 6.45) is 5.18. The molecule has 1 saturated heterocycles. The van der Waals surface area contributed by atoms with E-state index in [1.165, 1.54) is 0 Å². The molecule has 2 aliphatic rings. The number of carbonyl (C=O) groups is 3. The third kappa shape index (κ3) is 3.42. The topological polar surface area (TPSA) is 116 Å². The molecule has 3 N–H and O–H groups in total. The van der Waals surface area contributed by atoms with Crippen molar-refractivity contribution >= 4 is 35.7 Å². The van der Waals surface area contributed by atoms with Crippen LogP contribution in [-0.4, -0.2) is 56.9 Å². The number of hydrogen-bond donors (Lipinski definition) is 3. The number of aliphatic imine (C=N–C) groups is 1. The molecule has 1 unspecified atom stereocenters. The van der Waals surface area contributed by atoms with Crippen LogP contribution in [0.15, 0.2) is 4.99 Å². The van der Waals surface area contributed by atoms with Gasteiger partial charge in [0.15, 0.2) is 0 Å².